The average molecular weight is 212 g/mol. The maximum atomic E-state index is 9.92. The zero-order valence-electron chi connectivity index (χ0n) is 9.06. The zero-order valence-corrected chi connectivity index (χ0v) is 9.06. The first kappa shape index (κ1) is 10.0. The van der Waals surface area contributed by atoms with E-state index in [0.717, 1.165) is 26.2 Å². The van der Waals surface area contributed by atoms with Crippen molar-refractivity contribution < 1.29 is 9.84 Å². The SMILES string of the molecule is OC1CNCC1N1CCOC2CCCC21. The normalized spacial score (nSPS) is 47.0. The Morgan fingerprint density at radius 1 is 1.20 bits per heavy atom. The first-order chi connectivity index (χ1) is 7.36. The Morgan fingerprint density at radius 3 is 2.93 bits per heavy atom. The third-order valence-corrected chi connectivity index (χ3v) is 4.10. The lowest BCUT2D eigenvalue weighted by molar-refractivity contribution is -0.0827. The molecular formula is C11H20N2O2. The molecule has 3 rings (SSSR count). The molecule has 0 aromatic heterocycles. The first-order valence-corrected chi connectivity index (χ1v) is 6.12. The number of β-amino-alcohol motifs (C(OH)–C–C–N with tert-alkyl or cyclic N) is 1. The number of ether oxygens (including phenoxy) is 1. The van der Waals surface area contributed by atoms with Gasteiger partial charge in [-0.05, 0) is 19.3 Å². The number of hydrogen-bond acceptors (Lipinski definition) is 4. The molecule has 15 heavy (non-hydrogen) atoms. The van der Waals surface area contributed by atoms with Gasteiger partial charge in [0, 0.05) is 31.7 Å². The molecule has 0 amide bonds. The lowest BCUT2D eigenvalue weighted by Gasteiger charge is -2.42. The molecule has 2 heterocycles. The molecular weight excluding hydrogens is 192 g/mol. The maximum Gasteiger partial charge on any atom is 0.0832 e. The van der Waals surface area contributed by atoms with Gasteiger partial charge in [-0.2, -0.15) is 0 Å². The average Bonchev–Trinajstić information content (AvgIpc) is 2.85. The van der Waals surface area contributed by atoms with Crippen LogP contribution in [0.2, 0.25) is 0 Å². The fraction of sp³-hybridized carbons (Fsp3) is 1.00. The van der Waals surface area contributed by atoms with E-state index in [4.69, 9.17) is 4.74 Å². The number of nitrogens with zero attached hydrogens (tertiary/aromatic N) is 1. The Labute approximate surface area is 90.6 Å². The highest BCUT2D eigenvalue weighted by molar-refractivity contribution is 4.97. The summed E-state index contributed by atoms with van der Waals surface area (Å²) in [6.45, 7) is 3.51. The van der Waals surface area contributed by atoms with E-state index in [9.17, 15) is 5.11 Å². The third kappa shape index (κ3) is 1.69. The minimum Gasteiger partial charge on any atom is -0.390 e. The minimum atomic E-state index is -0.190. The highest BCUT2D eigenvalue weighted by Crippen LogP contribution is 2.31. The van der Waals surface area contributed by atoms with Gasteiger partial charge >= 0.3 is 0 Å². The number of rotatable bonds is 1. The summed E-state index contributed by atoms with van der Waals surface area (Å²) in [5.41, 5.74) is 0. The molecule has 4 heteroatoms. The van der Waals surface area contributed by atoms with Crippen LogP contribution in [0, 0.1) is 0 Å². The van der Waals surface area contributed by atoms with Crippen LogP contribution in [0.15, 0.2) is 0 Å². The summed E-state index contributed by atoms with van der Waals surface area (Å²) in [7, 11) is 0. The van der Waals surface area contributed by atoms with Crippen LogP contribution in [-0.2, 0) is 4.74 Å². The van der Waals surface area contributed by atoms with Crippen LogP contribution in [0.1, 0.15) is 19.3 Å². The Bertz CT molecular complexity index is 233. The smallest absolute Gasteiger partial charge is 0.0832 e. The maximum absolute atomic E-state index is 9.92. The summed E-state index contributed by atoms with van der Waals surface area (Å²) in [6.07, 6.45) is 3.98. The van der Waals surface area contributed by atoms with Crippen LogP contribution in [0.25, 0.3) is 0 Å². The molecule has 4 unspecified atom stereocenters. The van der Waals surface area contributed by atoms with Crippen molar-refractivity contribution in [3.05, 3.63) is 0 Å². The summed E-state index contributed by atoms with van der Waals surface area (Å²) in [4.78, 5) is 2.49. The summed E-state index contributed by atoms with van der Waals surface area (Å²) in [6, 6.07) is 0.887. The van der Waals surface area contributed by atoms with E-state index >= 15 is 0 Å². The van der Waals surface area contributed by atoms with E-state index in [1.54, 1.807) is 0 Å². The summed E-state index contributed by atoms with van der Waals surface area (Å²) < 4.78 is 5.78. The van der Waals surface area contributed by atoms with Crippen molar-refractivity contribution in [2.75, 3.05) is 26.2 Å². The van der Waals surface area contributed by atoms with Gasteiger partial charge in [-0.25, -0.2) is 0 Å². The second-order valence-electron chi connectivity index (χ2n) is 4.94. The molecule has 4 nitrogen and oxygen atoms in total. The van der Waals surface area contributed by atoms with Gasteiger partial charge in [-0.1, -0.05) is 0 Å². The molecule has 3 fully saturated rings. The number of nitrogens with one attached hydrogen (secondary N) is 1. The molecule has 1 aliphatic carbocycles. The summed E-state index contributed by atoms with van der Waals surface area (Å²) in [5.74, 6) is 0. The van der Waals surface area contributed by atoms with Crippen LogP contribution in [0.5, 0.6) is 0 Å². The third-order valence-electron chi connectivity index (χ3n) is 4.10. The lowest BCUT2D eigenvalue weighted by Crippen LogP contribution is -2.56. The molecule has 4 atom stereocenters. The van der Waals surface area contributed by atoms with Crippen LogP contribution < -0.4 is 5.32 Å². The van der Waals surface area contributed by atoms with Crippen LogP contribution in [0.4, 0.5) is 0 Å². The number of hydrogen-bond donors (Lipinski definition) is 2. The molecule has 2 N–H and O–H groups in total. The first-order valence-electron chi connectivity index (χ1n) is 6.12. The molecule has 86 valence electrons. The van der Waals surface area contributed by atoms with Gasteiger partial charge in [-0.3, -0.25) is 4.90 Å². The van der Waals surface area contributed by atoms with Gasteiger partial charge in [0.1, 0.15) is 0 Å². The number of morpholine rings is 1. The highest BCUT2D eigenvalue weighted by atomic mass is 16.5. The molecule has 1 saturated carbocycles. The Morgan fingerprint density at radius 2 is 2.13 bits per heavy atom. The van der Waals surface area contributed by atoms with Crippen LogP contribution in [-0.4, -0.2) is 60.5 Å². The van der Waals surface area contributed by atoms with Gasteiger partial charge in [0.2, 0.25) is 0 Å². The van der Waals surface area contributed by atoms with E-state index in [0.29, 0.717) is 18.2 Å². The van der Waals surface area contributed by atoms with Gasteiger partial charge in [0.15, 0.2) is 0 Å². The standard InChI is InChI=1S/C11H20N2O2/c14-10-7-12-6-9(10)13-4-5-15-11-3-1-2-8(11)13/h8-12,14H,1-7H2. The molecule has 0 spiro atoms. The monoisotopic (exact) mass is 212 g/mol. The lowest BCUT2D eigenvalue weighted by atomic mass is 10.1. The quantitative estimate of drug-likeness (QED) is 0.619. The molecule has 0 bridgehead atoms. The molecule has 0 aromatic rings. The minimum absolute atomic E-state index is 0.190. The Hall–Kier alpha value is -0.160. The van der Waals surface area contributed by atoms with E-state index in [-0.39, 0.29) is 6.10 Å². The molecule has 2 saturated heterocycles. The van der Waals surface area contributed by atoms with Gasteiger partial charge in [-0.15, -0.1) is 0 Å². The number of aliphatic hydroxyl groups excluding tert-OH is 1. The molecule has 0 radical (unpaired) electrons. The topological polar surface area (TPSA) is 44.7 Å². The van der Waals surface area contributed by atoms with Crippen molar-refractivity contribution in [3.63, 3.8) is 0 Å². The molecule has 3 aliphatic rings. The second-order valence-corrected chi connectivity index (χ2v) is 4.94. The Balaban J connectivity index is 1.73. The van der Waals surface area contributed by atoms with Crippen LogP contribution >= 0.6 is 0 Å². The van der Waals surface area contributed by atoms with E-state index in [1.807, 2.05) is 0 Å². The fourth-order valence-electron chi connectivity index (χ4n) is 3.36. The van der Waals surface area contributed by atoms with Gasteiger partial charge in [0.25, 0.3) is 0 Å². The Kier molecular flexibility index (Phi) is 2.68. The largest absolute Gasteiger partial charge is 0.390 e. The summed E-state index contributed by atoms with van der Waals surface area (Å²) in [5, 5.41) is 13.2. The zero-order chi connectivity index (χ0) is 10.3. The van der Waals surface area contributed by atoms with Crippen molar-refractivity contribution in [2.24, 2.45) is 0 Å². The van der Waals surface area contributed by atoms with E-state index in [2.05, 4.69) is 10.2 Å². The van der Waals surface area contributed by atoms with Crippen molar-refractivity contribution in [2.45, 2.75) is 43.6 Å². The highest BCUT2D eigenvalue weighted by Gasteiger charge is 2.42. The predicted octanol–water partition coefficient (Wildman–Crippen LogP) is -0.428. The van der Waals surface area contributed by atoms with E-state index < -0.39 is 0 Å². The molecule has 0 aromatic carbocycles. The predicted molar refractivity (Wildman–Crippen MR) is 56.7 cm³/mol. The van der Waals surface area contributed by atoms with Gasteiger partial charge in [0.05, 0.1) is 18.8 Å². The van der Waals surface area contributed by atoms with Crippen molar-refractivity contribution in [1.82, 2.24) is 10.2 Å². The molecule has 2 aliphatic heterocycles. The summed E-state index contributed by atoms with van der Waals surface area (Å²) >= 11 is 0. The number of fused-ring (bicyclic) bond motifs is 1. The fourth-order valence-corrected chi connectivity index (χ4v) is 3.36. The van der Waals surface area contributed by atoms with Crippen molar-refractivity contribution in [1.29, 1.82) is 0 Å². The van der Waals surface area contributed by atoms with Crippen LogP contribution in [0.3, 0.4) is 0 Å². The number of aliphatic hydroxyl groups is 1. The van der Waals surface area contributed by atoms with Crippen molar-refractivity contribution >= 4 is 0 Å². The van der Waals surface area contributed by atoms with Gasteiger partial charge < -0.3 is 15.2 Å². The van der Waals surface area contributed by atoms with E-state index in [1.165, 1.54) is 19.3 Å². The second kappa shape index (κ2) is 4.01. The van der Waals surface area contributed by atoms with Crippen molar-refractivity contribution in [3.8, 4) is 0 Å².